The molecular weight excluding hydrogens is 364 g/mol. The van der Waals surface area contributed by atoms with E-state index in [1.165, 1.54) is 35.0 Å². The summed E-state index contributed by atoms with van der Waals surface area (Å²) in [6, 6.07) is 10.1. The summed E-state index contributed by atoms with van der Waals surface area (Å²) in [5.41, 5.74) is 7.03. The summed E-state index contributed by atoms with van der Waals surface area (Å²) in [6.07, 6.45) is 5.51. The molecule has 2 aromatic carbocycles. The molecular formula is C24H26N2O3. The number of methoxy groups -OCH3 is 2. The summed E-state index contributed by atoms with van der Waals surface area (Å²) in [6.45, 7) is 1.31. The number of H-pyrrole nitrogens is 1. The van der Waals surface area contributed by atoms with Crippen LogP contribution in [0.4, 0.5) is 0 Å². The molecule has 150 valence electrons. The van der Waals surface area contributed by atoms with Crippen molar-refractivity contribution < 1.29 is 14.3 Å². The Bertz CT molecular complexity index is 1100. The van der Waals surface area contributed by atoms with Crippen molar-refractivity contribution >= 4 is 16.8 Å². The number of carbonyl (C=O) groups excluding carboxylic acids is 1. The molecule has 2 heterocycles. The molecule has 1 amide bonds. The quantitative estimate of drug-likeness (QED) is 0.727. The van der Waals surface area contributed by atoms with Crippen LogP contribution in [0.2, 0.25) is 0 Å². The van der Waals surface area contributed by atoms with Crippen LogP contribution in [0.1, 0.15) is 45.6 Å². The zero-order chi connectivity index (χ0) is 20.0. The van der Waals surface area contributed by atoms with Crippen molar-refractivity contribution in [1.29, 1.82) is 0 Å². The first kappa shape index (κ1) is 18.1. The van der Waals surface area contributed by atoms with Gasteiger partial charge in [-0.1, -0.05) is 0 Å². The molecule has 3 aromatic rings. The first-order valence-electron chi connectivity index (χ1n) is 10.3. The fourth-order valence-corrected chi connectivity index (χ4v) is 4.78. The van der Waals surface area contributed by atoms with E-state index < -0.39 is 0 Å². The molecule has 1 aromatic heterocycles. The molecule has 0 fully saturated rings. The number of nitrogens with zero attached hydrogens (tertiary/aromatic N) is 1. The Hall–Kier alpha value is -2.95. The largest absolute Gasteiger partial charge is 0.493 e. The second-order valence-electron chi connectivity index (χ2n) is 8.00. The zero-order valence-electron chi connectivity index (χ0n) is 17.0. The van der Waals surface area contributed by atoms with E-state index in [4.69, 9.17) is 9.47 Å². The average Bonchev–Trinajstić information content (AvgIpc) is 3.15. The minimum absolute atomic E-state index is 0.0955. The number of fused-ring (bicyclic) bond motifs is 4. The third-order valence-electron chi connectivity index (χ3n) is 6.35. The van der Waals surface area contributed by atoms with Crippen molar-refractivity contribution in [3.8, 4) is 11.5 Å². The van der Waals surface area contributed by atoms with Crippen molar-refractivity contribution in [2.45, 2.75) is 38.6 Å². The topological polar surface area (TPSA) is 54.6 Å². The molecule has 0 unspecified atom stereocenters. The lowest BCUT2D eigenvalue weighted by atomic mass is 9.94. The minimum Gasteiger partial charge on any atom is -0.493 e. The molecule has 1 aliphatic heterocycles. The molecule has 0 saturated heterocycles. The number of rotatable bonds is 3. The van der Waals surface area contributed by atoms with Crippen molar-refractivity contribution in [3.63, 3.8) is 0 Å². The first-order chi connectivity index (χ1) is 14.2. The zero-order valence-corrected chi connectivity index (χ0v) is 17.0. The minimum atomic E-state index is 0.0955. The molecule has 5 nitrogen and oxygen atoms in total. The lowest BCUT2D eigenvalue weighted by Gasteiger charge is -2.29. The van der Waals surface area contributed by atoms with E-state index >= 15 is 0 Å². The van der Waals surface area contributed by atoms with Gasteiger partial charge in [0.2, 0.25) is 0 Å². The Morgan fingerprint density at radius 1 is 0.966 bits per heavy atom. The van der Waals surface area contributed by atoms with Crippen LogP contribution in [0.25, 0.3) is 10.9 Å². The smallest absolute Gasteiger partial charge is 0.254 e. The third-order valence-corrected chi connectivity index (χ3v) is 6.35. The van der Waals surface area contributed by atoms with Crippen LogP contribution >= 0.6 is 0 Å². The first-order valence-corrected chi connectivity index (χ1v) is 10.3. The number of aromatic amines is 1. The van der Waals surface area contributed by atoms with Crippen molar-refractivity contribution in [2.24, 2.45) is 0 Å². The molecule has 0 spiro atoms. The summed E-state index contributed by atoms with van der Waals surface area (Å²) in [7, 11) is 3.29. The summed E-state index contributed by atoms with van der Waals surface area (Å²) < 4.78 is 10.9. The van der Waals surface area contributed by atoms with E-state index in [0.29, 0.717) is 18.8 Å². The molecule has 0 atom stereocenters. The van der Waals surface area contributed by atoms with Crippen LogP contribution in [0, 0.1) is 0 Å². The predicted molar refractivity (Wildman–Crippen MR) is 113 cm³/mol. The summed E-state index contributed by atoms with van der Waals surface area (Å²) in [5.74, 6) is 1.55. The molecule has 0 radical (unpaired) electrons. The number of aryl methyl sites for hydroxylation is 2. The lowest BCUT2D eigenvalue weighted by molar-refractivity contribution is 0.0734. The molecule has 0 saturated carbocycles. The van der Waals surface area contributed by atoms with Crippen LogP contribution in [-0.4, -0.2) is 36.6 Å². The highest BCUT2D eigenvalue weighted by Gasteiger charge is 2.25. The number of aromatic nitrogens is 1. The van der Waals surface area contributed by atoms with Gasteiger partial charge >= 0.3 is 0 Å². The van der Waals surface area contributed by atoms with E-state index in [2.05, 4.69) is 17.1 Å². The second-order valence-corrected chi connectivity index (χ2v) is 8.00. The van der Waals surface area contributed by atoms with Gasteiger partial charge in [0, 0.05) is 35.2 Å². The van der Waals surface area contributed by atoms with E-state index in [-0.39, 0.29) is 5.91 Å². The van der Waals surface area contributed by atoms with E-state index in [0.717, 1.165) is 41.7 Å². The second kappa shape index (κ2) is 7.14. The summed E-state index contributed by atoms with van der Waals surface area (Å²) in [4.78, 5) is 18.8. The summed E-state index contributed by atoms with van der Waals surface area (Å²) >= 11 is 0. The highest BCUT2D eigenvalue weighted by atomic mass is 16.5. The summed E-state index contributed by atoms with van der Waals surface area (Å²) in [5, 5.41) is 1.22. The van der Waals surface area contributed by atoms with Gasteiger partial charge in [-0.2, -0.15) is 0 Å². The number of hydrogen-bond acceptors (Lipinski definition) is 3. The molecule has 5 rings (SSSR count). The van der Waals surface area contributed by atoms with Crippen LogP contribution in [0.3, 0.4) is 0 Å². The van der Waals surface area contributed by atoms with Crippen molar-refractivity contribution in [3.05, 3.63) is 58.3 Å². The maximum Gasteiger partial charge on any atom is 0.254 e. The Labute approximate surface area is 170 Å². The van der Waals surface area contributed by atoms with E-state index in [9.17, 15) is 4.79 Å². The standard InChI is InChI=1S/C24H26N2O3/c1-28-22-12-15-9-10-26(14-17(15)13-23(22)29-2)24(27)16-7-8-21-19(11-16)18-5-3-4-6-20(18)25-21/h7-8,11-13,25H,3-6,9-10,14H2,1-2H3. The fourth-order valence-electron chi connectivity index (χ4n) is 4.78. The van der Waals surface area contributed by atoms with Crippen LogP contribution < -0.4 is 9.47 Å². The number of amides is 1. The number of ether oxygens (including phenoxy) is 2. The van der Waals surface area contributed by atoms with E-state index in [1.807, 2.05) is 23.1 Å². The fraction of sp³-hybridized carbons (Fsp3) is 0.375. The molecule has 1 aliphatic carbocycles. The van der Waals surface area contributed by atoms with Crippen LogP contribution in [-0.2, 0) is 25.8 Å². The third kappa shape index (κ3) is 3.05. The maximum atomic E-state index is 13.3. The van der Waals surface area contributed by atoms with Crippen LogP contribution in [0.5, 0.6) is 11.5 Å². The maximum absolute atomic E-state index is 13.3. The van der Waals surface area contributed by atoms with Gasteiger partial charge in [0.05, 0.1) is 14.2 Å². The molecule has 5 heteroatoms. The molecule has 2 aliphatic rings. The van der Waals surface area contributed by atoms with Gasteiger partial charge < -0.3 is 19.4 Å². The van der Waals surface area contributed by atoms with Gasteiger partial charge in [0.1, 0.15) is 0 Å². The van der Waals surface area contributed by atoms with Gasteiger partial charge in [-0.3, -0.25) is 4.79 Å². The Balaban J connectivity index is 1.44. The monoisotopic (exact) mass is 390 g/mol. The van der Waals surface area contributed by atoms with Gasteiger partial charge in [-0.05, 0) is 79.1 Å². The van der Waals surface area contributed by atoms with Gasteiger partial charge in [0.15, 0.2) is 11.5 Å². The molecule has 1 N–H and O–H groups in total. The number of carbonyl (C=O) groups is 1. The van der Waals surface area contributed by atoms with Gasteiger partial charge in [-0.25, -0.2) is 0 Å². The average molecular weight is 390 g/mol. The van der Waals surface area contributed by atoms with Crippen LogP contribution in [0.15, 0.2) is 30.3 Å². The lowest BCUT2D eigenvalue weighted by Crippen LogP contribution is -2.36. The number of benzene rings is 2. The number of nitrogens with one attached hydrogen (secondary N) is 1. The molecule has 0 bridgehead atoms. The SMILES string of the molecule is COc1cc2c(cc1OC)CN(C(=O)c1ccc3[nH]c4c(c3c1)CCCC4)CC2. The highest BCUT2D eigenvalue weighted by Crippen LogP contribution is 2.34. The van der Waals surface area contributed by atoms with Gasteiger partial charge in [-0.15, -0.1) is 0 Å². The number of hydrogen-bond donors (Lipinski definition) is 1. The van der Waals surface area contributed by atoms with Gasteiger partial charge in [0.25, 0.3) is 5.91 Å². The highest BCUT2D eigenvalue weighted by molar-refractivity contribution is 5.99. The Morgan fingerprint density at radius 2 is 1.72 bits per heavy atom. The van der Waals surface area contributed by atoms with Crippen molar-refractivity contribution in [2.75, 3.05) is 20.8 Å². The molecule has 29 heavy (non-hydrogen) atoms. The Kier molecular flexibility index (Phi) is 4.46. The van der Waals surface area contributed by atoms with E-state index in [1.54, 1.807) is 14.2 Å². The van der Waals surface area contributed by atoms with Crippen molar-refractivity contribution in [1.82, 2.24) is 9.88 Å². The Morgan fingerprint density at radius 3 is 2.52 bits per heavy atom. The normalized spacial score (nSPS) is 15.7. The predicted octanol–water partition coefficient (Wildman–Crippen LogP) is 4.26.